The Kier molecular flexibility index (Phi) is 3.89. The second-order valence-electron chi connectivity index (χ2n) is 3.42. The summed E-state index contributed by atoms with van der Waals surface area (Å²) in [6.45, 7) is 0. The van der Waals surface area contributed by atoms with E-state index < -0.39 is 6.10 Å². The van der Waals surface area contributed by atoms with Crippen molar-refractivity contribution in [1.82, 2.24) is 4.98 Å². The second kappa shape index (κ2) is 5.23. The predicted octanol–water partition coefficient (Wildman–Crippen LogP) is 4.12. The van der Waals surface area contributed by atoms with Crippen molar-refractivity contribution in [2.24, 2.45) is 0 Å². The van der Waals surface area contributed by atoms with E-state index in [1.807, 2.05) is 0 Å². The first kappa shape index (κ1) is 12.7. The molecule has 0 aliphatic heterocycles. The van der Waals surface area contributed by atoms with Crippen LogP contribution in [-0.4, -0.2) is 10.1 Å². The number of aliphatic hydroxyl groups excluding tert-OH is 1. The summed E-state index contributed by atoms with van der Waals surface area (Å²) in [5, 5.41) is 11.3. The first-order valence-electron chi connectivity index (χ1n) is 4.83. The average molecular weight is 289 g/mol. The van der Waals surface area contributed by atoms with Crippen LogP contribution in [0.4, 0.5) is 0 Å². The second-order valence-corrected chi connectivity index (χ2v) is 4.61. The van der Waals surface area contributed by atoms with Crippen LogP contribution < -0.4 is 0 Å². The Bertz CT molecular complexity index is 545. The Hall–Kier alpha value is -0.800. The van der Waals surface area contributed by atoms with Crippen molar-refractivity contribution in [3.8, 4) is 0 Å². The normalized spacial score (nSPS) is 12.5. The highest BCUT2D eigenvalue weighted by Crippen LogP contribution is 2.34. The monoisotopic (exact) mass is 287 g/mol. The molecule has 2 rings (SSSR count). The first-order chi connectivity index (χ1) is 8.11. The summed E-state index contributed by atoms with van der Waals surface area (Å²) < 4.78 is 0. The molecule has 0 aliphatic carbocycles. The van der Waals surface area contributed by atoms with E-state index in [2.05, 4.69) is 4.98 Å². The third-order valence-corrected chi connectivity index (χ3v) is 3.48. The van der Waals surface area contributed by atoms with Crippen LogP contribution in [0.3, 0.4) is 0 Å². The van der Waals surface area contributed by atoms with Crippen molar-refractivity contribution in [3.05, 3.63) is 62.9 Å². The van der Waals surface area contributed by atoms with Crippen molar-refractivity contribution in [2.45, 2.75) is 6.10 Å². The molecule has 0 bridgehead atoms. The van der Waals surface area contributed by atoms with Gasteiger partial charge in [-0.05, 0) is 18.2 Å². The Morgan fingerprint density at radius 2 is 1.71 bits per heavy atom. The molecule has 5 heteroatoms. The van der Waals surface area contributed by atoms with E-state index in [9.17, 15) is 5.11 Å². The van der Waals surface area contributed by atoms with E-state index in [0.29, 0.717) is 26.3 Å². The van der Waals surface area contributed by atoms with Crippen LogP contribution in [0.2, 0.25) is 15.1 Å². The topological polar surface area (TPSA) is 33.1 Å². The Morgan fingerprint density at radius 3 is 2.41 bits per heavy atom. The zero-order chi connectivity index (χ0) is 12.4. The molecular formula is C12H8Cl3NO. The van der Waals surface area contributed by atoms with Crippen molar-refractivity contribution < 1.29 is 5.11 Å². The van der Waals surface area contributed by atoms with Crippen LogP contribution in [0.5, 0.6) is 0 Å². The number of halogens is 3. The molecule has 0 amide bonds. The lowest BCUT2D eigenvalue weighted by atomic mass is 10.1. The zero-order valence-electron chi connectivity index (χ0n) is 8.57. The number of benzene rings is 1. The van der Waals surface area contributed by atoms with Gasteiger partial charge in [-0.15, -0.1) is 0 Å². The summed E-state index contributed by atoms with van der Waals surface area (Å²) >= 11 is 17.9. The highest BCUT2D eigenvalue weighted by molar-refractivity contribution is 6.42. The van der Waals surface area contributed by atoms with Crippen LogP contribution in [0.15, 0.2) is 36.5 Å². The van der Waals surface area contributed by atoms with E-state index in [4.69, 9.17) is 34.8 Å². The van der Waals surface area contributed by atoms with Gasteiger partial charge in [0.05, 0.1) is 20.8 Å². The minimum atomic E-state index is -0.991. The average Bonchev–Trinajstić information content (AvgIpc) is 2.32. The fourth-order valence-electron chi connectivity index (χ4n) is 1.48. The van der Waals surface area contributed by atoms with Crippen LogP contribution in [0.1, 0.15) is 17.4 Å². The summed E-state index contributed by atoms with van der Waals surface area (Å²) in [4.78, 5) is 4.04. The summed E-state index contributed by atoms with van der Waals surface area (Å²) in [5.74, 6) is 0. The first-order valence-corrected chi connectivity index (χ1v) is 5.97. The number of rotatable bonds is 2. The molecule has 0 spiro atoms. The van der Waals surface area contributed by atoms with Gasteiger partial charge in [0.25, 0.3) is 0 Å². The molecule has 1 aromatic carbocycles. The maximum atomic E-state index is 10.2. The highest BCUT2D eigenvalue weighted by atomic mass is 35.5. The molecule has 1 unspecified atom stereocenters. The molecule has 0 saturated heterocycles. The Morgan fingerprint density at radius 1 is 1.00 bits per heavy atom. The highest BCUT2D eigenvalue weighted by Gasteiger charge is 2.18. The molecule has 1 heterocycles. The van der Waals surface area contributed by atoms with Gasteiger partial charge in [-0.2, -0.15) is 0 Å². The molecule has 1 aromatic heterocycles. The van der Waals surface area contributed by atoms with Crippen molar-refractivity contribution >= 4 is 34.8 Å². The lowest BCUT2D eigenvalue weighted by molar-refractivity contribution is 0.215. The van der Waals surface area contributed by atoms with Crippen molar-refractivity contribution in [2.75, 3.05) is 0 Å². The smallest absolute Gasteiger partial charge is 0.124 e. The quantitative estimate of drug-likeness (QED) is 0.901. The SMILES string of the molecule is OC(c1cccc(Cl)c1Cl)c1ncccc1Cl. The Balaban J connectivity index is 2.48. The minimum Gasteiger partial charge on any atom is -0.382 e. The number of aromatic nitrogens is 1. The summed E-state index contributed by atoms with van der Waals surface area (Å²) in [7, 11) is 0. The van der Waals surface area contributed by atoms with Crippen LogP contribution >= 0.6 is 34.8 Å². The zero-order valence-corrected chi connectivity index (χ0v) is 10.8. The van der Waals surface area contributed by atoms with Gasteiger partial charge in [-0.1, -0.05) is 46.9 Å². The van der Waals surface area contributed by atoms with E-state index in [1.165, 1.54) is 0 Å². The maximum absolute atomic E-state index is 10.2. The summed E-state index contributed by atoms with van der Waals surface area (Å²) in [5.41, 5.74) is 0.845. The van der Waals surface area contributed by atoms with Crippen molar-refractivity contribution in [1.29, 1.82) is 0 Å². The lowest BCUT2D eigenvalue weighted by Gasteiger charge is -2.13. The molecular weight excluding hydrogens is 280 g/mol. The number of nitrogens with zero attached hydrogens (tertiary/aromatic N) is 1. The summed E-state index contributed by atoms with van der Waals surface area (Å²) in [6.07, 6.45) is 0.568. The number of aliphatic hydroxyl groups is 1. The van der Waals surface area contributed by atoms with E-state index in [0.717, 1.165) is 0 Å². The largest absolute Gasteiger partial charge is 0.382 e. The van der Waals surface area contributed by atoms with Crippen molar-refractivity contribution in [3.63, 3.8) is 0 Å². The molecule has 0 fully saturated rings. The molecule has 1 N–H and O–H groups in total. The standard InChI is InChI=1S/C12H8Cl3NO/c13-8-4-1-3-7(10(8)15)12(17)11-9(14)5-2-6-16-11/h1-6,12,17H. The van der Waals surface area contributed by atoms with Gasteiger partial charge in [0.15, 0.2) is 0 Å². The van der Waals surface area contributed by atoms with Gasteiger partial charge in [0.2, 0.25) is 0 Å². The third kappa shape index (κ3) is 2.55. The van der Waals surface area contributed by atoms with Gasteiger partial charge in [-0.3, -0.25) is 4.98 Å². The lowest BCUT2D eigenvalue weighted by Crippen LogP contribution is -2.03. The molecule has 1 atom stereocenters. The minimum absolute atomic E-state index is 0.309. The summed E-state index contributed by atoms with van der Waals surface area (Å²) in [6, 6.07) is 8.40. The van der Waals surface area contributed by atoms with Gasteiger partial charge in [0.1, 0.15) is 6.10 Å². The molecule has 17 heavy (non-hydrogen) atoms. The van der Waals surface area contributed by atoms with Gasteiger partial charge < -0.3 is 5.11 Å². The Labute approximate surface area is 114 Å². The molecule has 88 valence electrons. The number of hydrogen-bond donors (Lipinski definition) is 1. The third-order valence-electron chi connectivity index (χ3n) is 2.32. The van der Waals surface area contributed by atoms with Crippen LogP contribution in [-0.2, 0) is 0 Å². The molecule has 0 saturated carbocycles. The fraction of sp³-hybridized carbons (Fsp3) is 0.0833. The van der Waals surface area contributed by atoms with E-state index in [1.54, 1.807) is 36.5 Å². The molecule has 0 aliphatic rings. The van der Waals surface area contributed by atoms with E-state index in [-0.39, 0.29) is 0 Å². The fourth-order valence-corrected chi connectivity index (χ4v) is 2.11. The molecule has 2 nitrogen and oxygen atoms in total. The van der Waals surface area contributed by atoms with Gasteiger partial charge in [0, 0.05) is 11.8 Å². The number of hydrogen-bond acceptors (Lipinski definition) is 2. The number of pyridine rings is 1. The predicted molar refractivity (Wildman–Crippen MR) is 69.8 cm³/mol. The van der Waals surface area contributed by atoms with Gasteiger partial charge >= 0.3 is 0 Å². The van der Waals surface area contributed by atoms with Crippen LogP contribution in [0, 0.1) is 0 Å². The maximum Gasteiger partial charge on any atom is 0.124 e. The molecule has 0 radical (unpaired) electrons. The van der Waals surface area contributed by atoms with E-state index >= 15 is 0 Å². The molecule has 2 aromatic rings. The van der Waals surface area contributed by atoms with Gasteiger partial charge in [-0.25, -0.2) is 0 Å². The van der Waals surface area contributed by atoms with Crippen LogP contribution in [0.25, 0.3) is 0 Å².